The number of nitrogens with one attached hydrogen (secondary N) is 1. The molecule has 17 heavy (non-hydrogen) atoms. The first-order chi connectivity index (χ1) is 8.08. The van der Waals surface area contributed by atoms with Crippen LogP contribution >= 0.6 is 38.5 Å². The molecule has 0 atom stereocenters. The second-order valence-electron chi connectivity index (χ2n) is 3.47. The van der Waals surface area contributed by atoms with Crippen LogP contribution in [0.3, 0.4) is 0 Å². The molecule has 0 aromatic heterocycles. The van der Waals surface area contributed by atoms with Gasteiger partial charge in [-0.05, 0) is 68.9 Å². The van der Waals surface area contributed by atoms with Gasteiger partial charge in [0.05, 0.1) is 14.9 Å². The largest absolute Gasteiger partial charge is 0.399 e. The molecule has 3 N–H and O–H groups in total. The van der Waals surface area contributed by atoms with Crippen molar-refractivity contribution in [3.8, 4) is 0 Å². The van der Waals surface area contributed by atoms with Crippen molar-refractivity contribution in [3.05, 3.63) is 50.3 Å². The van der Waals surface area contributed by atoms with Crippen molar-refractivity contribution in [2.24, 2.45) is 0 Å². The summed E-state index contributed by atoms with van der Waals surface area (Å²) in [6.07, 6.45) is 0. The van der Waals surface area contributed by atoms with Gasteiger partial charge >= 0.3 is 0 Å². The Morgan fingerprint density at radius 1 is 1.18 bits per heavy atom. The summed E-state index contributed by atoms with van der Waals surface area (Å²) in [6.45, 7) is 0. The predicted octanol–water partition coefficient (Wildman–Crippen LogP) is 4.52. The average Bonchev–Trinajstić information content (AvgIpc) is 2.28. The molecule has 0 spiro atoms. The summed E-state index contributed by atoms with van der Waals surface area (Å²) in [5, 5.41) is 3.16. The smallest absolute Gasteiger partial charge is 0.138 e. The summed E-state index contributed by atoms with van der Waals surface area (Å²) in [6, 6.07) is 10.4. The van der Waals surface area contributed by atoms with Crippen LogP contribution in [0.2, 0.25) is 0 Å². The van der Waals surface area contributed by atoms with Crippen molar-refractivity contribution in [2.75, 3.05) is 11.1 Å². The van der Waals surface area contributed by atoms with E-state index in [1.807, 2.05) is 34.7 Å². The quantitative estimate of drug-likeness (QED) is 0.568. The van der Waals surface area contributed by atoms with E-state index in [-0.39, 0.29) is 5.82 Å². The van der Waals surface area contributed by atoms with Gasteiger partial charge in [0.15, 0.2) is 0 Å². The predicted molar refractivity (Wildman–Crippen MR) is 81.0 cm³/mol. The summed E-state index contributed by atoms with van der Waals surface area (Å²) in [5.74, 6) is -0.234. The van der Waals surface area contributed by atoms with E-state index >= 15 is 0 Å². The highest BCUT2D eigenvalue weighted by molar-refractivity contribution is 14.1. The zero-order valence-electron chi connectivity index (χ0n) is 8.68. The molecule has 2 aromatic carbocycles. The Morgan fingerprint density at radius 3 is 2.65 bits per heavy atom. The van der Waals surface area contributed by atoms with Crippen LogP contribution in [0, 0.1) is 9.39 Å². The molecule has 88 valence electrons. The molecule has 0 aliphatic carbocycles. The minimum atomic E-state index is -0.234. The fourth-order valence-electron chi connectivity index (χ4n) is 1.38. The molecular weight excluding hydrogens is 398 g/mol. The highest BCUT2D eigenvalue weighted by atomic mass is 127. The topological polar surface area (TPSA) is 38.0 Å². The molecule has 2 rings (SSSR count). The first-order valence-corrected chi connectivity index (χ1v) is 6.71. The first-order valence-electron chi connectivity index (χ1n) is 4.84. The van der Waals surface area contributed by atoms with Crippen molar-refractivity contribution >= 4 is 55.6 Å². The molecule has 0 saturated carbocycles. The molecular formula is C12H9BrFIN2. The van der Waals surface area contributed by atoms with Crippen LogP contribution in [0.25, 0.3) is 0 Å². The van der Waals surface area contributed by atoms with E-state index in [0.717, 1.165) is 15.8 Å². The SMILES string of the molecule is Nc1ccc(Nc2cccc(F)c2I)c(Br)c1. The first kappa shape index (κ1) is 12.6. The van der Waals surface area contributed by atoms with E-state index in [0.29, 0.717) is 9.26 Å². The maximum atomic E-state index is 13.4. The Labute approximate surface area is 121 Å². The maximum Gasteiger partial charge on any atom is 0.138 e. The zero-order chi connectivity index (χ0) is 12.4. The Bertz CT molecular complexity index is 560. The number of benzene rings is 2. The standard InChI is InChI=1S/C12H9BrFIN2/c13-8-6-7(16)4-5-10(8)17-11-3-1-2-9(14)12(11)15/h1-6,17H,16H2. The lowest BCUT2D eigenvalue weighted by molar-refractivity contribution is 0.621. The van der Waals surface area contributed by atoms with Crippen molar-refractivity contribution in [1.82, 2.24) is 0 Å². The molecule has 0 unspecified atom stereocenters. The van der Waals surface area contributed by atoms with Crippen LogP contribution in [0.4, 0.5) is 21.5 Å². The average molecular weight is 407 g/mol. The summed E-state index contributed by atoms with van der Waals surface area (Å²) < 4.78 is 14.8. The van der Waals surface area contributed by atoms with E-state index < -0.39 is 0 Å². The fourth-order valence-corrected chi connectivity index (χ4v) is 2.37. The number of nitrogens with two attached hydrogens (primary N) is 1. The molecule has 0 amide bonds. The summed E-state index contributed by atoms with van der Waals surface area (Å²) in [5.41, 5.74) is 7.92. The van der Waals surface area contributed by atoms with E-state index in [2.05, 4.69) is 21.2 Å². The van der Waals surface area contributed by atoms with Gasteiger partial charge in [0.2, 0.25) is 0 Å². The van der Waals surface area contributed by atoms with Gasteiger partial charge < -0.3 is 11.1 Å². The molecule has 0 fully saturated rings. The van der Waals surface area contributed by atoms with Crippen LogP contribution in [-0.4, -0.2) is 0 Å². The third-order valence-corrected chi connectivity index (χ3v) is 3.97. The normalized spacial score (nSPS) is 10.3. The summed E-state index contributed by atoms with van der Waals surface area (Å²) in [4.78, 5) is 0. The number of hydrogen-bond acceptors (Lipinski definition) is 2. The number of rotatable bonds is 2. The van der Waals surface area contributed by atoms with Gasteiger partial charge in [0.25, 0.3) is 0 Å². The van der Waals surface area contributed by atoms with E-state index in [1.165, 1.54) is 6.07 Å². The number of anilines is 3. The lowest BCUT2D eigenvalue weighted by Gasteiger charge is -2.11. The second-order valence-corrected chi connectivity index (χ2v) is 5.40. The highest BCUT2D eigenvalue weighted by Gasteiger charge is 2.07. The van der Waals surface area contributed by atoms with Crippen LogP contribution < -0.4 is 11.1 Å². The molecule has 0 bridgehead atoms. The van der Waals surface area contributed by atoms with Gasteiger partial charge in [0.1, 0.15) is 5.82 Å². The Balaban J connectivity index is 2.35. The monoisotopic (exact) mass is 406 g/mol. The van der Waals surface area contributed by atoms with Crippen LogP contribution in [0.15, 0.2) is 40.9 Å². The third kappa shape index (κ3) is 2.90. The summed E-state index contributed by atoms with van der Waals surface area (Å²) in [7, 11) is 0. The zero-order valence-corrected chi connectivity index (χ0v) is 12.4. The van der Waals surface area contributed by atoms with Gasteiger partial charge in [-0.3, -0.25) is 0 Å². The van der Waals surface area contributed by atoms with E-state index in [9.17, 15) is 4.39 Å². The Hall–Kier alpha value is -0.820. The second kappa shape index (κ2) is 5.22. The summed E-state index contributed by atoms with van der Waals surface area (Å²) >= 11 is 5.38. The lowest BCUT2D eigenvalue weighted by atomic mass is 10.2. The minimum Gasteiger partial charge on any atom is -0.399 e. The van der Waals surface area contributed by atoms with Crippen LogP contribution in [-0.2, 0) is 0 Å². The molecule has 0 saturated heterocycles. The molecule has 2 nitrogen and oxygen atoms in total. The van der Waals surface area contributed by atoms with E-state index in [1.54, 1.807) is 18.2 Å². The highest BCUT2D eigenvalue weighted by Crippen LogP contribution is 2.30. The van der Waals surface area contributed by atoms with Crippen molar-refractivity contribution in [1.29, 1.82) is 0 Å². The van der Waals surface area contributed by atoms with Crippen molar-refractivity contribution in [3.63, 3.8) is 0 Å². The van der Waals surface area contributed by atoms with Gasteiger partial charge in [-0.2, -0.15) is 0 Å². The number of halogens is 3. The lowest BCUT2D eigenvalue weighted by Crippen LogP contribution is -1.96. The molecule has 0 aliphatic heterocycles. The number of hydrogen-bond donors (Lipinski definition) is 2. The molecule has 5 heteroatoms. The van der Waals surface area contributed by atoms with Crippen molar-refractivity contribution in [2.45, 2.75) is 0 Å². The third-order valence-electron chi connectivity index (χ3n) is 2.21. The minimum absolute atomic E-state index is 0.234. The Morgan fingerprint density at radius 2 is 1.94 bits per heavy atom. The Kier molecular flexibility index (Phi) is 3.88. The molecule has 0 radical (unpaired) electrons. The molecule has 0 aliphatic rings. The maximum absolute atomic E-state index is 13.4. The molecule has 0 heterocycles. The van der Waals surface area contributed by atoms with E-state index in [4.69, 9.17) is 5.73 Å². The van der Waals surface area contributed by atoms with Gasteiger partial charge in [0, 0.05) is 10.2 Å². The van der Waals surface area contributed by atoms with Gasteiger partial charge in [-0.1, -0.05) is 6.07 Å². The molecule has 2 aromatic rings. The fraction of sp³-hybridized carbons (Fsp3) is 0. The van der Waals surface area contributed by atoms with Crippen LogP contribution in [0.1, 0.15) is 0 Å². The number of nitrogen functional groups attached to an aromatic ring is 1. The van der Waals surface area contributed by atoms with Gasteiger partial charge in [-0.25, -0.2) is 4.39 Å². The van der Waals surface area contributed by atoms with Crippen LogP contribution in [0.5, 0.6) is 0 Å². The van der Waals surface area contributed by atoms with Gasteiger partial charge in [-0.15, -0.1) is 0 Å². The van der Waals surface area contributed by atoms with Crippen molar-refractivity contribution < 1.29 is 4.39 Å².